The molecular formula is C34H44N4O7S. The highest BCUT2D eigenvalue weighted by molar-refractivity contribution is 7.89. The van der Waals surface area contributed by atoms with E-state index in [1.807, 2.05) is 30.3 Å². The second-order valence-corrected chi connectivity index (χ2v) is 14.2. The fourth-order valence-corrected chi connectivity index (χ4v) is 7.52. The van der Waals surface area contributed by atoms with E-state index in [1.54, 1.807) is 49.5 Å². The van der Waals surface area contributed by atoms with Gasteiger partial charge in [-0.25, -0.2) is 13.2 Å². The molecule has 3 aromatic rings. The number of carbonyl (C=O) groups is 1. The molecule has 1 fully saturated rings. The van der Waals surface area contributed by atoms with Crippen molar-refractivity contribution in [3.8, 4) is 0 Å². The lowest BCUT2D eigenvalue weighted by Gasteiger charge is -2.39. The lowest BCUT2D eigenvalue weighted by atomic mass is 9.77. The maximum absolute atomic E-state index is 13.4. The summed E-state index contributed by atoms with van der Waals surface area (Å²) in [6, 6.07) is 23.9. The topological polar surface area (TPSA) is 145 Å². The number of rotatable bonds is 16. The molecule has 1 aliphatic heterocycles. The van der Waals surface area contributed by atoms with Crippen molar-refractivity contribution in [2.75, 3.05) is 46.4 Å². The van der Waals surface area contributed by atoms with Gasteiger partial charge in [-0.3, -0.25) is 10.1 Å². The molecule has 12 heteroatoms. The number of nitro groups is 1. The van der Waals surface area contributed by atoms with Gasteiger partial charge in [-0.05, 0) is 80.9 Å². The summed E-state index contributed by atoms with van der Waals surface area (Å²) in [6.07, 6.45) is 3.17. The minimum Gasteiger partial charge on any atom is -0.465 e. The Bertz CT molecular complexity index is 1520. The normalized spacial score (nSPS) is 15.8. The van der Waals surface area contributed by atoms with Crippen LogP contribution in [0.1, 0.15) is 43.2 Å². The molecule has 1 aliphatic rings. The second-order valence-electron chi connectivity index (χ2n) is 12.2. The van der Waals surface area contributed by atoms with Crippen molar-refractivity contribution in [2.45, 2.75) is 49.0 Å². The van der Waals surface area contributed by atoms with E-state index >= 15 is 0 Å². The fraction of sp³-hybridized carbons (Fsp3) is 0.441. The molecule has 46 heavy (non-hydrogen) atoms. The predicted molar refractivity (Wildman–Crippen MR) is 176 cm³/mol. The lowest BCUT2D eigenvalue weighted by molar-refractivity contribution is -0.384. The Morgan fingerprint density at radius 2 is 1.61 bits per heavy atom. The molecule has 11 nitrogen and oxygen atoms in total. The zero-order chi connectivity index (χ0) is 33.2. The Morgan fingerprint density at radius 3 is 2.17 bits per heavy atom. The highest BCUT2D eigenvalue weighted by Crippen LogP contribution is 2.32. The van der Waals surface area contributed by atoms with Gasteiger partial charge in [0.05, 0.1) is 16.4 Å². The molecule has 1 saturated heterocycles. The first-order valence-corrected chi connectivity index (χ1v) is 17.1. The molecule has 1 heterocycles. The molecule has 0 aliphatic carbocycles. The molecule has 0 spiro atoms. The average Bonchev–Trinajstić information content (AvgIpc) is 3.07. The summed E-state index contributed by atoms with van der Waals surface area (Å²) >= 11 is 0. The standard InChI is InChI=1S/C34H44N4O7S/c1-35(46(44,45)32-12-6-3-7-13-32)26-34(27-39,30-10-4-2-5-11-30)20-24-36-22-18-28(19-23-36)9-8-21-37(33(40)41)25-29-14-16-31(17-15-29)38(42)43/h2-7,10-17,28,39H,8-9,18-27H2,1H3,(H,40,41)/t34-/m1/s1. The first-order valence-electron chi connectivity index (χ1n) is 15.7. The number of amides is 1. The van der Waals surface area contributed by atoms with E-state index in [-0.39, 0.29) is 30.3 Å². The number of hydrogen-bond donors (Lipinski definition) is 2. The molecule has 1 atom stereocenters. The quantitative estimate of drug-likeness (QED) is 0.159. The van der Waals surface area contributed by atoms with E-state index in [9.17, 15) is 33.5 Å². The number of sulfonamides is 1. The van der Waals surface area contributed by atoms with Crippen LogP contribution in [0.4, 0.5) is 10.5 Å². The van der Waals surface area contributed by atoms with E-state index in [1.165, 1.54) is 21.3 Å². The van der Waals surface area contributed by atoms with Gasteiger partial charge in [0, 0.05) is 44.2 Å². The Morgan fingerprint density at radius 1 is 1.00 bits per heavy atom. The third kappa shape index (κ3) is 9.12. The Balaban J connectivity index is 1.30. The number of likely N-dealkylation sites (N-methyl/N-ethyl adjacent to an activating group) is 1. The Hall–Kier alpha value is -3.84. The van der Waals surface area contributed by atoms with Crippen molar-refractivity contribution in [3.63, 3.8) is 0 Å². The van der Waals surface area contributed by atoms with Gasteiger partial charge in [0.2, 0.25) is 10.0 Å². The molecular weight excluding hydrogens is 608 g/mol. The smallest absolute Gasteiger partial charge is 0.407 e. The zero-order valence-electron chi connectivity index (χ0n) is 26.3. The van der Waals surface area contributed by atoms with E-state index in [4.69, 9.17) is 0 Å². The predicted octanol–water partition coefficient (Wildman–Crippen LogP) is 5.21. The zero-order valence-corrected chi connectivity index (χ0v) is 27.1. The van der Waals surface area contributed by atoms with Gasteiger partial charge in [-0.2, -0.15) is 4.31 Å². The molecule has 248 valence electrons. The number of benzene rings is 3. The summed E-state index contributed by atoms with van der Waals surface area (Å²) in [5.74, 6) is 0.477. The highest BCUT2D eigenvalue weighted by Gasteiger charge is 2.37. The van der Waals surface area contributed by atoms with Crippen molar-refractivity contribution in [1.82, 2.24) is 14.1 Å². The second kappa shape index (κ2) is 16.1. The van der Waals surface area contributed by atoms with Crippen molar-refractivity contribution in [2.24, 2.45) is 5.92 Å². The number of likely N-dealkylation sites (tertiary alicyclic amines) is 1. The van der Waals surface area contributed by atoms with E-state index < -0.39 is 26.5 Å². The largest absolute Gasteiger partial charge is 0.465 e. The number of nitrogens with zero attached hydrogens (tertiary/aromatic N) is 4. The molecule has 0 bridgehead atoms. The average molecular weight is 653 g/mol. The van der Waals surface area contributed by atoms with Crippen LogP contribution in [-0.4, -0.2) is 90.1 Å². The molecule has 2 N–H and O–H groups in total. The maximum Gasteiger partial charge on any atom is 0.407 e. The van der Waals surface area contributed by atoms with Gasteiger partial charge in [-0.1, -0.05) is 60.7 Å². The van der Waals surface area contributed by atoms with Crippen molar-refractivity contribution in [3.05, 3.63) is 106 Å². The molecule has 0 unspecified atom stereocenters. The van der Waals surface area contributed by atoms with E-state index in [0.717, 1.165) is 44.3 Å². The van der Waals surface area contributed by atoms with Crippen LogP contribution in [0.2, 0.25) is 0 Å². The number of carboxylic acid groups (broad SMARTS) is 1. The van der Waals surface area contributed by atoms with E-state index in [0.29, 0.717) is 31.0 Å². The number of aliphatic hydroxyl groups is 1. The number of nitro benzene ring substituents is 1. The summed E-state index contributed by atoms with van der Waals surface area (Å²) in [5, 5.41) is 31.4. The van der Waals surface area contributed by atoms with Gasteiger partial charge in [0.25, 0.3) is 5.69 Å². The van der Waals surface area contributed by atoms with Crippen LogP contribution < -0.4 is 0 Å². The third-order valence-electron chi connectivity index (χ3n) is 9.11. The van der Waals surface area contributed by atoms with Crippen LogP contribution in [0.3, 0.4) is 0 Å². The molecule has 0 aromatic heterocycles. The third-order valence-corrected chi connectivity index (χ3v) is 10.9. The van der Waals surface area contributed by atoms with Crippen molar-refractivity contribution in [1.29, 1.82) is 0 Å². The minimum absolute atomic E-state index is 0.0255. The monoisotopic (exact) mass is 652 g/mol. The molecule has 0 radical (unpaired) electrons. The van der Waals surface area contributed by atoms with Crippen LogP contribution in [-0.2, 0) is 22.0 Å². The van der Waals surface area contributed by atoms with Gasteiger partial charge in [-0.15, -0.1) is 0 Å². The van der Waals surface area contributed by atoms with Crippen LogP contribution in [0.15, 0.2) is 89.8 Å². The number of hydrogen-bond acceptors (Lipinski definition) is 7. The maximum atomic E-state index is 13.4. The Labute approximate surface area is 271 Å². The first-order chi connectivity index (χ1) is 22.0. The fourth-order valence-electron chi connectivity index (χ4n) is 6.24. The van der Waals surface area contributed by atoms with Crippen LogP contribution in [0.5, 0.6) is 0 Å². The first kappa shape index (κ1) is 35.0. The number of non-ortho nitro benzene ring substituents is 1. The molecule has 1 amide bonds. The number of aliphatic hydroxyl groups excluding tert-OH is 1. The lowest BCUT2D eigenvalue weighted by Crippen LogP contribution is -2.47. The van der Waals surface area contributed by atoms with Gasteiger partial charge in [0.1, 0.15) is 0 Å². The van der Waals surface area contributed by atoms with Crippen molar-refractivity contribution < 1.29 is 28.3 Å². The van der Waals surface area contributed by atoms with Gasteiger partial charge < -0.3 is 20.0 Å². The summed E-state index contributed by atoms with van der Waals surface area (Å²) in [6.45, 7) is 2.99. The minimum atomic E-state index is -3.74. The van der Waals surface area contributed by atoms with Crippen LogP contribution in [0, 0.1) is 16.0 Å². The summed E-state index contributed by atoms with van der Waals surface area (Å²) < 4.78 is 28.1. The summed E-state index contributed by atoms with van der Waals surface area (Å²) in [7, 11) is -2.17. The van der Waals surface area contributed by atoms with Crippen molar-refractivity contribution >= 4 is 21.8 Å². The molecule has 3 aromatic carbocycles. The Kier molecular flexibility index (Phi) is 12.3. The van der Waals surface area contributed by atoms with Gasteiger partial charge >= 0.3 is 6.09 Å². The van der Waals surface area contributed by atoms with Gasteiger partial charge in [0.15, 0.2) is 0 Å². The highest BCUT2D eigenvalue weighted by atomic mass is 32.2. The molecule has 0 saturated carbocycles. The summed E-state index contributed by atoms with van der Waals surface area (Å²) in [5.41, 5.74) is 0.805. The summed E-state index contributed by atoms with van der Waals surface area (Å²) in [4.78, 5) is 26.2. The molecule has 4 rings (SSSR count). The SMILES string of the molecule is CN(C[C@@](CO)(CCN1CCC(CCCN(Cc2ccc([N+](=O)[O-])cc2)C(=O)O)CC1)c1ccccc1)S(=O)(=O)c1ccccc1. The van der Waals surface area contributed by atoms with E-state index in [2.05, 4.69) is 4.90 Å². The van der Waals surface area contributed by atoms with Crippen LogP contribution >= 0.6 is 0 Å². The number of piperidine rings is 1. The van der Waals surface area contributed by atoms with Crippen LogP contribution in [0.25, 0.3) is 0 Å².